The second-order valence-corrected chi connectivity index (χ2v) is 14.5. The van der Waals surface area contributed by atoms with E-state index < -0.39 is 23.6 Å². The summed E-state index contributed by atoms with van der Waals surface area (Å²) in [4.78, 5) is 35.4. The lowest BCUT2D eigenvalue weighted by Crippen LogP contribution is -2.56. The lowest BCUT2D eigenvalue weighted by atomic mass is 9.44. The van der Waals surface area contributed by atoms with Crippen LogP contribution in [0.3, 0.4) is 0 Å². The number of aliphatic carboxylic acids is 1. The maximum atomic E-state index is 12.1. The second kappa shape index (κ2) is 10.7. The van der Waals surface area contributed by atoms with Gasteiger partial charge in [0.15, 0.2) is 0 Å². The van der Waals surface area contributed by atoms with E-state index in [1.54, 1.807) is 13.0 Å². The third kappa shape index (κ3) is 4.90. The molecular formula is C34H50O7. The van der Waals surface area contributed by atoms with Gasteiger partial charge in [0.2, 0.25) is 0 Å². The number of hydrogen-bond acceptors (Lipinski definition) is 6. The third-order valence-electron chi connectivity index (χ3n) is 12.2. The Morgan fingerprint density at radius 2 is 1.71 bits per heavy atom. The molecule has 4 rings (SSSR count). The Morgan fingerprint density at radius 3 is 2.29 bits per heavy atom. The molecule has 0 aromatic rings. The van der Waals surface area contributed by atoms with Gasteiger partial charge in [0, 0.05) is 36.7 Å². The van der Waals surface area contributed by atoms with Gasteiger partial charge in [0.1, 0.15) is 12.2 Å². The summed E-state index contributed by atoms with van der Waals surface area (Å²) >= 11 is 0. The SMILES string of the molecule is CC(=O)O[C@@H](C/C=C(\C)C(=O)O)[C@@H](C)[C@@H]1C[C@H](O)[C@]2(C)C3=CC[C@@H]4C(C)(C)[C@H](OC(C)=O)CC[C@@]4(C)C3=CC[C@@]12C. The number of aliphatic hydroxyl groups is 1. The molecule has 0 aromatic carbocycles. The van der Waals surface area contributed by atoms with Gasteiger partial charge in [-0.3, -0.25) is 9.59 Å². The van der Waals surface area contributed by atoms with Crippen molar-refractivity contribution in [1.29, 1.82) is 0 Å². The molecule has 2 saturated carbocycles. The van der Waals surface area contributed by atoms with Crippen molar-refractivity contribution in [3.05, 3.63) is 34.9 Å². The van der Waals surface area contributed by atoms with Crippen molar-refractivity contribution in [3.63, 3.8) is 0 Å². The van der Waals surface area contributed by atoms with Crippen LogP contribution in [0.4, 0.5) is 0 Å². The van der Waals surface area contributed by atoms with Crippen molar-refractivity contribution in [2.24, 2.45) is 39.4 Å². The van der Waals surface area contributed by atoms with Crippen LogP contribution in [0.2, 0.25) is 0 Å². The molecule has 0 aromatic heterocycles. The smallest absolute Gasteiger partial charge is 0.330 e. The van der Waals surface area contributed by atoms with Crippen molar-refractivity contribution in [3.8, 4) is 0 Å². The van der Waals surface area contributed by atoms with E-state index >= 15 is 0 Å². The van der Waals surface area contributed by atoms with E-state index in [4.69, 9.17) is 9.47 Å². The van der Waals surface area contributed by atoms with Gasteiger partial charge in [0.25, 0.3) is 0 Å². The molecule has 0 unspecified atom stereocenters. The number of esters is 2. The predicted molar refractivity (Wildman–Crippen MR) is 157 cm³/mol. The van der Waals surface area contributed by atoms with E-state index in [1.165, 1.54) is 25.0 Å². The van der Waals surface area contributed by atoms with Crippen LogP contribution in [0.5, 0.6) is 0 Å². The number of ether oxygens (including phenoxy) is 2. The van der Waals surface area contributed by atoms with Gasteiger partial charge in [-0.2, -0.15) is 0 Å². The zero-order valence-corrected chi connectivity index (χ0v) is 26.4. The van der Waals surface area contributed by atoms with Gasteiger partial charge in [-0.15, -0.1) is 0 Å². The third-order valence-corrected chi connectivity index (χ3v) is 12.2. The van der Waals surface area contributed by atoms with Crippen LogP contribution in [0.25, 0.3) is 0 Å². The van der Waals surface area contributed by atoms with Gasteiger partial charge in [-0.25, -0.2) is 4.79 Å². The zero-order valence-electron chi connectivity index (χ0n) is 26.4. The summed E-state index contributed by atoms with van der Waals surface area (Å²) in [6.45, 7) is 17.8. The monoisotopic (exact) mass is 570 g/mol. The largest absolute Gasteiger partial charge is 0.478 e. The predicted octanol–water partition coefficient (Wildman–Crippen LogP) is 6.40. The van der Waals surface area contributed by atoms with Gasteiger partial charge < -0.3 is 19.7 Å². The van der Waals surface area contributed by atoms with Crippen LogP contribution in [0.1, 0.15) is 101 Å². The molecular weight excluding hydrogens is 520 g/mol. The number of hydrogen-bond donors (Lipinski definition) is 2. The van der Waals surface area contributed by atoms with E-state index in [9.17, 15) is 24.6 Å². The summed E-state index contributed by atoms with van der Waals surface area (Å²) in [7, 11) is 0. The Hall–Kier alpha value is -2.41. The minimum absolute atomic E-state index is 0.0609. The number of allylic oxidation sites excluding steroid dienone is 3. The van der Waals surface area contributed by atoms with Crippen LogP contribution in [-0.4, -0.2) is 46.4 Å². The minimum atomic E-state index is -0.985. The second-order valence-electron chi connectivity index (χ2n) is 14.5. The van der Waals surface area contributed by atoms with Crippen molar-refractivity contribution in [1.82, 2.24) is 0 Å². The lowest BCUT2D eigenvalue weighted by molar-refractivity contribution is -0.165. The maximum Gasteiger partial charge on any atom is 0.330 e. The Morgan fingerprint density at radius 1 is 1.05 bits per heavy atom. The Kier molecular flexibility index (Phi) is 8.22. The quantitative estimate of drug-likeness (QED) is 0.269. The van der Waals surface area contributed by atoms with Gasteiger partial charge in [-0.1, -0.05) is 59.8 Å². The number of aliphatic hydroxyl groups excluding tert-OH is 1. The number of carboxylic acid groups (broad SMARTS) is 1. The molecule has 7 nitrogen and oxygen atoms in total. The standard InChI is InChI=1S/C34H50O7/c1-19(30(38)39)10-12-26(40-21(3)35)20(2)25-18-28(37)34(9)24-11-13-27-31(5,6)29(41-22(4)36)15-16-32(27,7)23(24)14-17-33(25,34)8/h10-11,14,20,25-29,37H,12-13,15-18H2,1-9H3,(H,38,39)/b19-10+/t20-,25-,26-,27+,28-,29+,32-,33-,34-/m0/s1. The number of carbonyl (C=O) groups is 3. The van der Waals surface area contributed by atoms with Crippen LogP contribution in [0.15, 0.2) is 34.9 Å². The first-order valence-corrected chi connectivity index (χ1v) is 15.3. The van der Waals surface area contributed by atoms with E-state index in [0.29, 0.717) is 18.8 Å². The Labute approximate surface area is 245 Å². The summed E-state index contributed by atoms with van der Waals surface area (Å²) in [6, 6.07) is 0. The average molecular weight is 571 g/mol. The number of carboxylic acids is 1. The molecule has 0 radical (unpaired) electrons. The number of carbonyl (C=O) groups excluding carboxylic acids is 2. The fourth-order valence-corrected chi connectivity index (χ4v) is 9.49. The molecule has 2 N–H and O–H groups in total. The van der Waals surface area contributed by atoms with Crippen molar-refractivity contribution in [2.45, 2.75) is 119 Å². The summed E-state index contributed by atoms with van der Waals surface area (Å²) in [6.07, 6.45) is 9.56. The molecule has 4 aliphatic rings. The first-order chi connectivity index (χ1) is 18.9. The Balaban J connectivity index is 1.70. The molecule has 41 heavy (non-hydrogen) atoms. The van der Waals surface area contributed by atoms with E-state index in [0.717, 1.165) is 25.7 Å². The highest BCUT2D eigenvalue weighted by molar-refractivity contribution is 5.85. The summed E-state index contributed by atoms with van der Waals surface area (Å²) in [5.41, 5.74) is 1.79. The zero-order chi connectivity index (χ0) is 30.7. The highest BCUT2D eigenvalue weighted by atomic mass is 16.5. The van der Waals surface area contributed by atoms with Gasteiger partial charge >= 0.3 is 17.9 Å². The average Bonchev–Trinajstić information content (AvgIpc) is 3.08. The normalized spacial score (nSPS) is 39.2. The topological polar surface area (TPSA) is 110 Å². The van der Waals surface area contributed by atoms with Crippen LogP contribution in [0, 0.1) is 39.4 Å². The van der Waals surface area contributed by atoms with Crippen molar-refractivity contribution >= 4 is 17.9 Å². The minimum Gasteiger partial charge on any atom is -0.478 e. The fraction of sp³-hybridized carbons (Fsp3) is 0.735. The molecule has 0 aliphatic heterocycles. The van der Waals surface area contributed by atoms with Crippen molar-refractivity contribution in [2.75, 3.05) is 0 Å². The number of fused-ring (bicyclic) bond motifs is 5. The van der Waals surface area contributed by atoms with Crippen LogP contribution in [-0.2, 0) is 23.9 Å². The summed E-state index contributed by atoms with van der Waals surface area (Å²) in [5.74, 6) is -1.32. The highest BCUT2D eigenvalue weighted by Gasteiger charge is 2.67. The Bertz CT molecular complexity index is 1190. The van der Waals surface area contributed by atoms with E-state index in [-0.39, 0.29) is 51.7 Å². The van der Waals surface area contributed by atoms with Crippen LogP contribution >= 0.6 is 0 Å². The lowest BCUT2D eigenvalue weighted by Gasteiger charge is -2.61. The first kappa shape index (κ1) is 31.5. The molecule has 228 valence electrons. The number of rotatable bonds is 7. The first-order valence-electron chi connectivity index (χ1n) is 15.3. The molecule has 9 atom stereocenters. The molecule has 0 bridgehead atoms. The molecule has 0 saturated heterocycles. The summed E-state index contributed by atoms with van der Waals surface area (Å²) < 4.78 is 11.6. The molecule has 0 spiro atoms. The summed E-state index contributed by atoms with van der Waals surface area (Å²) in [5, 5.41) is 21.2. The van der Waals surface area contributed by atoms with Gasteiger partial charge in [-0.05, 0) is 78.8 Å². The van der Waals surface area contributed by atoms with Crippen LogP contribution < -0.4 is 0 Å². The highest BCUT2D eigenvalue weighted by Crippen LogP contribution is 2.72. The molecule has 4 aliphatic carbocycles. The molecule has 0 amide bonds. The van der Waals surface area contributed by atoms with Gasteiger partial charge in [0.05, 0.1) is 6.10 Å². The fourth-order valence-electron chi connectivity index (χ4n) is 9.49. The molecule has 0 heterocycles. The van der Waals surface area contributed by atoms with E-state index in [1.807, 2.05) is 0 Å². The molecule has 7 heteroatoms. The van der Waals surface area contributed by atoms with E-state index in [2.05, 4.69) is 53.7 Å². The maximum absolute atomic E-state index is 12.1. The van der Waals surface area contributed by atoms with Crippen molar-refractivity contribution < 1.29 is 34.1 Å². The molecule has 2 fully saturated rings.